The maximum absolute atomic E-state index is 13.4. The summed E-state index contributed by atoms with van der Waals surface area (Å²) >= 11 is 3.46. The normalized spacial score (nSPS) is 12.5. The van der Waals surface area contributed by atoms with E-state index in [0.29, 0.717) is 22.3 Å². The van der Waals surface area contributed by atoms with Crippen LogP contribution >= 0.6 is 15.9 Å². The van der Waals surface area contributed by atoms with Crippen molar-refractivity contribution in [3.8, 4) is 22.5 Å². The van der Waals surface area contributed by atoms with E-state index in [4.69, 9.17) is 5.73 Å². The first-order chi connectivity index (χ1) is 28.2. The number of fused-ring (bicyclic) bond motifs is 4. The molecule has 292 valence electrons. The van der Waals surface area contributed by atoms with Gasteiger partial charge in [0.05, 0.1) is 33.7 Å². The Hall–Kier alpha value is -6.58. The van der Waals surface area contributed by atoms with E-state index in [9.17, 15) is 9.59 Å². The van der Waals surface area contributed by atoms with Gasteiger partial charge in [-0.3, -0.25) is 9.59 Å². The lowest BCUT2D eigenvalue weighted by Crippen LogP contribution is -2.14. The summed E-state index contributed by atoms with van der Waals surface area (Å²) in [5.41, 5.74) is 18.7. The number of carbonyl (C=O) groups excluding carboxylic acids is 2. The highest BCUT2D eigenvalue weighted by Gasteiger charge is 2.30. The second kappa shape index (κ2) is 15.3. The van der Waals surface area contributed by atoms with Gasteiger partial charge in [-0.15, -0.1) is 0 Å². The fourth-order valence-corrected chi connectivity index (χ4v) is 8.00. The van der Waals surface area contributed by atoms with Crippen molar-refractivity contribution in [2.24, 2.45) is 0 Å². The summed E-state index contributed by atoms with van der Waals surface area (Å²) in [6.07, 6.45) is 3.11. The topological polar surface area (TPSA) is 124 Å². The van der Waals surface area contributed by atoms with Crippen LogP contribution in [0.3, 0.4) is 0 Å². The average molecular weight is 840 g/mol. The number of anilines is 3. The van der Waals surface area contributed by atoms with Gasteiger partial charge < -0.3 is 11.1 Å². The highest BCUT2D eigenvalue weighted by molar-refractivity contribution is 9.10. The molecule has 6 aromatic carbocycles. The summed E-state index contributed by atoms with van der Waals surface area (Å²) in [5, 5.41) is 5.09. The summed E-state index contributed by atoms with van der Waals surface area (Å²) in [6.45, 7) is 13.2. The number of hydrogen-bond acceptors (Lipinski definition) is 8. The molecule has 0 fully saturated rings. The number of nitrogens with one attached hydrogen (secondary N) is 1. The molecule has 8 nitrogen and oxygen atoms in total. The molecule has 0 radical (unpaired) electrons. The van der Waals surface area contributed by atoms with Crippen LogP contribution in [0.4, 0.5) is 17.1 Å². The number of nitrogens with two attached hydrogens (primary N) is 1. The number of ketones is 2. The van der Waals surface area contributed by atoms with Gasteiger partial charge in [0.25, 0.3) is 0 Å². The third-order valence-corrected chi connectivity index (χ3v) is 11.3. The number of carbonyl (C=O) groups is 2. The van der Waals surface area contributed by atoms with Gasteiger partial charge in [0.15, 0.2) is 11.6 Å². The van der Waals surface area contributed by atoms with Gasteiger partial charge in [-0.1, -0.05) is 130 Å². The Morgan fingerprint density at radius 3 is 1.46 bits per heavy atom. The molecule has 2 aliphatic carbocycles. The lowest BCUT2D eigenvalue weighted by molar-refractivity contribution is 0.103. The molecule has 10 rings (SSSR count). The summed E-state index contributed by atoms with van der Waals surface area (Å²) in [6, 6.07) is 39.2. The number of hydrogen-bond donors (Lipinski definition) is 2. The Bertz CT molecular complexity index is 2930. The fraction of sp³-hybridized carbons (Fsp3) is 0.160. The molecule has 0 unspecified atom stereocenters. The van der Waals surface area contributed by atoms with Crippen molar-refractivity contribution >= 4 is 66.4 Å². The largest absolute Gasteiger partial charge is 0.399 e. The molecule has 9 heteroatoms. The minimum Gasteiger partial charge on any atom is -0.399 e. The molecule has 0 bridgehead atoms. The summed E-state index contributed by atoms with van der Waals surface area (Å²) in [4.78, 5) is 43.5. The van der Waals surface area contributed by atoms with E-state index in [1.165, 1.54) is 11.1 Å². The zero-order chi connectivity index (χ0) is 41.6. The molecule has 2 aliphatic rings. The second-order valence-electron chi connectivity index (χ2n) is 16.7. The predicted octanol–water partition coefficient (Wildman–Crippen LogP) is 12.1. The number of rotatable bonds is 2. The van der Waals surface area contributed by atoms with Crippen LogP contribution in [0.25, 0.3) is 44.3 Å². The summed E-state index contributed by atoms with van der Waals surface area (Å²) < 4.78 is 0.788. The molecule has 59 heavy (non-hydrogen) atoms. The van der Waals surface area contributed by atoms with Crippen LogP contribution < -0.4 is 11.1 Å². The van der Waals surface area contributed by atoms with Crippen LogP contribution in [0.1, 0.15) is 84.5 Å². The molecular formula is C50H43BrN6O2. The van der Waals surface area contributed by atoms with Crippen LogP contribution in [0.5, 0.6) is 0 Å². The quantitative estimate of drug-likeness (QED) is 0.165. The SMILES string of the molecule is CC(C)(C)c1ccc(N)cc1.CC(C)(C)c1ccc(Nc2ccc3ncnc4c3c2C(=O)c2ccccc2-4)cc1.O=C1c2ccccc2-c2ncnc3ccc(Br)c1c23. The lowest BCUT2D eigenvalue weighted by atomic mass is 9.85. The fourth-order valence-electron chi connectivity index (χ4n) is 7.49. The van der Waals surface area contributed by atoms with E-state index in [1.54, 1.807) is 12.7 Å². The van der Waals surface area contributed by atoms with Gasteiger partial charge in [-0.2, -0.15) is 0 Å². The van der Waals surface area contributed by atoms with E-state index in [2.05, 4.69) is 119 Å². The maximum atomic E-state index is 13.4. The highest BCUT2D eigenvalue weighted by Crippen LogP contribution is 2.42. The van der Waals surface area contributed by atoms with Crippen molar-refractivity contribution in [2.45, 2.75) is 52.4 Å². The zero-order valence-corrected chi connectivity index (χ0v) is 35.3. The Balaban J connectivity index is 0.000000138. The van der Waals surface area contributed by atoms with Crippen molar-refractivity contribution in [1.82, 2.24) is 19.9 Å². The zero-order valence-electron chi connectivity index (χ0n) is 33.8. The van der Waals surface area contributed by atoms with Gasteiger partial charge in [0.1, 0.15) is 12.7 Å². The Morgan fingerprint density at radius 1 is 0.508 bits per heavy atom. The molecule has 0 aliphatic heterocycles. The molecule has 0 saturated carbocycles. The molecule has 2 heterocycles. The Kier molecular flexibility index (Phi) is 10.2. The van der Waals surface area contributed by atoms with Crippen LogP contribution in [-0.4, -0.2) is 31.5 Å². The third-order valence-electron chi connectivity index (χ3n) is 10.7. The standard InChI is InChI=1S/C25H21N3O.C15H7BrN2O.C10H15N/c1-25(2,3)15-8-10-16(11-9-15)28-20-13-12-19-21-22(20)24(29)18-7-5-4-6-17(18)23(21)27-14-26-19;16-10-5-6-11-13-12(10)15(19)9-4-2-1-3-8(9)14(13)18-7-17-11;1-10(2,3)8-4-6-9(11)7-5-8/h4-14,28H,1-3H3;1-7H;4-7H,11H2,1-3H3. The van der Waals surface area contributed by atoms with Gasteiger partial charge in [-0.05, 0) is 70.5 Å². The number of halogens is 1. The number of aromatic nitrogens is 4. The van der Waals surface area contributed by atoms with Crippen molar-refractivity contribution < 1.29 is 9.59 Å². The molecule has 8 aromatic rings. The predicted molar refractivity (Wildman–Crippen MR) is 242 cm³/mol. The number of nitrogens with zero attached hydrogens (tertiary/aromatic N) is 4. The smallest absolute Gasteiger partial charge is 0.196 e. The highest BCUT2D eigenvalue weighted by atomic mass is 79.9. The Morgan fingerprint density at radius 2 is 0.949 bits per heavy atom. The maximum Gasteiger partial charge on any atom is 0.196 e. The first-order valence-electron chi connectivity index (χ1n) is 19.4. The molecule has 0 amide bonds. The van der Waals surface area contributed by atoms with Crippen molar-refractivity contribution in [1.29, 1.82) is 0 Å². The lowest BCUT2D eigenvalue weighted by Gasteiger charge is -2.22. The van der Waals surface area contributed by atoms with Crippen molar-refractivity contribution in [3.63, 3.8) is 0 Å². The molecular weight excluding hydrogens is 796 g/mol. The van der Waals surface area contributed by atoms with E-state index in [1.807, 2.05) is 84.9 Å². The van der Waals surface area contributed by atoms with Gasteiger partial charge in [-0.25, -0.2) is 19.9 Å². The van der Waals surface area contributed by atoms with Crippen LogP contribution in [0, 0.1) is 0 Å². The minimum absolute atomic E-state index is 0.00214. The molecule has 0 saturated heterocycles. The molecule has 0 spiro atoms. The first-order valence-corrected chi connectivity index (χ1v) is 20.2. The second-order valence-corrected chi connectivity index (χ2v) is 17.6. The van der Waals surface area contributed by atoms with Crippen LogP contribution in [-0.2, 0) is 10.8 Å². The molecule has 2 aromatic heterocycles. The first kappa shape index (κ1) is 39.3. The van der Waals surface area contributed by atoms with Crippen molar-refractivity contribution in [3.05, 3.63) is 172 Å². The van der Waals surface area contributed by atoms with Crippen LogP contribution in [0.15, 0.2) is 138 Å². The third kappa shape index (κ3) is 7.50. The van der Waals surface area contributed by atoms with Gasteiger partial charge in [0.2, 0.25) is 0 Å². The van der Waals surface area contributed by atoms with E-state index in [0.717, 1.165) is 65.9 Å². The average Bonchev–Trinajstić information content (AvgIpc) is 3.22. The molecule has 0 atom stereocenters. The monoisotopic (exact) mass is 838 g/mol. The van der Waals surface area contributed by atoms with Gasteiger partial charge >= 0.3 is 0 Å². The van der Waals surface area contributed by atoms with Gasteiger partial charge in [0, 0.05) is 54.4 Å². The summed E-state index contributed by atoms with van der Waals surface area (Å²) in [7, 11) is 0. The van der Waals surface area contributed by atoms with Crippen LogP contribution in [0.2, 0.25) is 0 Å². The number of benzene rings is 6. The van der Waals surface area contributed by atoms with Crippen molar-refractivity contribution in [2.75, 3.05) is 11.1 Å². The van der Waals surface area contributed by atoms with E-state index < -0.39 is 0 Å². The number of nitrogen functional groups attached to an aromatic ring is 1. The summed E-state index contributed by atoms with van der Waals surface area (Å²) in [5.74, 6) is 0.0256. The van der Waals surface area contributed by atoms with E-state index >= 15 is 0 Å². The van der Waals surface area contributed by atoms with E-state index in [-0.39, 0.29) is 22.4 Å². The molecule has 3 N–H and O–H groups in total. The Labute approximate surface area is 352 Å². The minimum atomic E-state index is 0.00214.